The van der Waals surface area contributed by atoms with Gasteiger partial charge in [0.2, 0.25) is 5.91 Å². The van der Waals surface area contributed by atoms with E-state index >= 15 is 0 Å². The molecule has 0 saturated carbocycles. The molecular weight excluding hydrogens is 479 g/mol. The number of methoxy groups -OCH3 is 1. The van der Waals surface area contributed by atoms with Gasteiger partial charge in [-0.1, -0.05) is 23.9 Å². The first-order valence-electron chi connectivity index (χ1n) is 11.5. The van der Waals surface area contributed by atoms with Gasteiger partial charge in [-0.05, 0) is 48.5 Å². The van der Waals surface area contributed by atoms with Crippen LogP contribution in [0.25, 0.3) is 17.1 Å². The quantitative estimate of drug-likeness (QED) is 0.353. The number of rotatable bonds is 7. The number of halogens is 1. The number of hydrogen-bond donors (Lipinski definition) is 0. The smallest absolute Gasteiger partial charge is 0.233 e. The molecule has 2 aromatic carbocycles. The highest BCUT2D eigenvalue weighted by molar-refractivity contribution is 7.99. The summed E-state index contributed by atoms with van der Waals surface area (Å²) in [6, 6.07) is 17.9. The summed E-state index contributed by atoms with van der Waals surface area (Å²) >= 11 is 1.35. The van der Waals surface area contributed by atoms with E-state index < -0.39 is 0 Å². The largest absolute Gasteiger partial charge is 0.495 e. The van der Waals surface area contributed by atoms with Gasteiger partial charge in [-0.2, -0.15) is 0 Å². The van der Waals surface area contributed by atoms with E-state index in [1.54, 1.807) is 31.6 Å². The van der Waals surface area contributed by atoms with Crippen LogP contribution in [0.4, 0.5) is 10.1 Å². The van der Waals surface area contributed by atoms with Crippen molar-refractivity contribution in [2.24, 2.45) is 0 Å². The summed E-state index contributed by atoms with van der Waals surface area (Å²) in [6.07, 6.45) is 3.41. The monoisotopic (exact) mass is 504 g/mol. The molecule has 0 atom stereocenters. The van der Waals surface area contributed by atoms with Gasteiger partial charge in [-0.25, -0.2) is 4.39 Å². The number of ether oxygens (including phenoxy) is 1. The number of pyridine rings is 1. The van der Waals surface area contributed by atoms with Gasteiger partial charge in [-0.3, -0.25) is 14.3 Å². The highest BCUT2D eigenvalue weighted by Crippen LogP contribution is 2.32. The molecule has 5 rings (SSSR count). The first-order chi connectivity index (χ1) is 17.6. The summed E-state index contributed by atoms with van der Waals surface area (Å²) in [5.74, 6) is 1.35. The van der Waals surface area contributed by atoms with Crippen LogP contribution in [-0.2, 0) is 4.79 Å². The van der Waals surface area contributed by atoms with Gasteiger partial charge < -0.3 is 14.5 Å². The number of thioether (sulfide) groups is 1. The van der Waals surface area contributed by atoms with Gasteiger partial charge in [0.1, 0.15) is 11.6 Å². The van der Waals surface area contributed by atoms with E-state index in [1.807, 2.05) is 45.9 Å². The van der Waals surface area contributed by atoms with Crippen molar-refractivity contribution in [1.82, 2.24) is 24.6 Å². The lowest BCUT2D eigenvalue weighted by atomic mass is 10.2. The maximum absolute atomic E-state index is 13.2. The molecule has 4 aromatic rings. The topological polar surface area (TPSA) is 76.4 Å². The van der Waals surface area contributed by atoms with Crippen LogP contribution in [0.1, 0.15) is 0 Å². The van der Waals surface area contributed by atoms with Crippen molar-refractivity contribution < 1.29 is 13.9 Å². The number of benzene rings is 2. The minimum atomic E-state index is -0.252. The Morgan fingerprint density at radius 3 is 2.42 bits per heavy atom. The molecule has 0 unspecified atom stereocenters. The van der Waals surface area contributed by atoms with E-state index in [1.165, 1.54) is 23.9 Å². The van der Waals surface area contributed by atoms with Crippen molar-refractivity contribution in [2.45, 2.75) is 5.16 Å². The van der Waals surface area contributed by atoms with Crippen molar-refractivity contribution in [1.29, 1.82) is 0 Å². The van der Waals surface area contributed by atoms with Gasteiger partial charge in [0, 0.05) is 49.8 Å². The molecule has 1 amide bonds. The molecule has 1 saturated heterocycles. The molecular formula is C26H25FN6O2S. The zero-order valence-corrected chi connectivity index (χ0v) is 20.6. The van der Waals surface area contributed by atoms with Crippen molar-refractivity contribution in [2.75, 3.05) is 43.9 Å². The summed E-state index contributed by atoms with van der Waals surface area (Å²) in [7, 11) is 1.62. The Morgan fingerprint density at radius 1 is 0.972 bits per heavy atom. The number of carbonyl (C=O) groups excluding carboxylic acids is 1. The van der Waals surface area contributed by atoms with Crippen LogP contribution >= 0.6 is 11.8 Å². The predicted molar refractivity (Wildman–Crippen MR) is 137 cm³/mol. The third kappa shape index (κ3) is 5.03. The Kier molecular flexibility index (Phi) is 7.13. The second-order valence-electron chi connectivity index (χ2n) is 8.18. The summed E-state index contributed by atoms with van der Waals surface area (Å²) in [5, 5.41) is 9.44. The van der Waals surface area contributed by atoms with Crippen LogP contribution in [0.5, 0.6) is 5.75 Å². The summed E-state index contributed by atoms with van der Waals surface area (Å²) in [6.45, 7) is 2.62. The van der Waals surface area contributed by atoms with Gasteiger partial charge in [0.15, 0.2) is 11.0 Å². The molecule has 2 aromatic heterocycles. The molecule has 0 radical (unpaired) electrons. The van der Waals surface area contributed by atoms with E-state index in [0.29, 0.717) is 42.9 Å². The predicted octanol–water partition coefficient (Wildman–Crippen LogP) is 3.92. The van der Waals surface area contributed by atoms with Crippen LogP contribution in [0, 0.1) is 5.82 Å². The lowest BCUT2D eigenvalue weighted by molar-refractivity contribution is -0.128. The summed E-state index contributed by atoms with van der Waals surface area (Å²) in [5.41, 5.74) is 2.62. The molecule has 1 fully saturated rings. The maximum Gasteiger partial charge on any atom is 0.233 e. The third-order valence-electron chi connectivity index (χ3n) is 6.05. The average Bonchev–Trinajstić information content (AvgIpc) is 3.36. The molecule has 36 heavy (non-hydrogen) atoms. The number of nitrogens with zero attached hydrogens (tertiary/aromatic N) is 6. The molecule has 0 aliphatic carbocycles. The molecule has 0 spiro atoms. The second-order valence-corrected chi connectivity index (χ2v) is 9.12. The number of piperazine rings is 1. The van der Waals surface area contributed by atoms with E-state index in [4.69, 9.17) is 4.74 Å². The zero-order chi connectivity index (χ0) is 24.9. The standard InChI is InChI=1S/C26H25FN6O2S/c1-35-23-5-3-2-4-22(23)33-25(19-10-12-28-13-11-19)29-30-26(33)36-18-24(34)32-16-14-31(15-17-32)21-8-6-20(27)7-9-21/h2-13H,14-18H2,1H3. The number of aromatic nitrogens is 4. The SMILES string of the molecule is COc1ccccc1-n1c(SCC(=O)N2CCN(c3ccc(F)cc3)CC2)nnc1-c1ccncc1. The fraction of sp³-hybridized carbons (Fsp3) is 0.231. The minimum absolute atomic E-state index is 0.0405. The van der Waals surface area contributed by atoms with E-state index in [0.717, 1.165) is 16.9 Å². The Labute approximate surface area is 212 Å². The molecule has 10 heteroatoms. The Balaban J connectivity index is 1.31. The number of para-hydroxylation sites is 2. The van der Waals surface area contributed by atoms with Gasteiger partial charge in [0.05, 0.1) is 18.6 Å². The highest BCUT2D eigenvalue weighted by Gasteiger charge is 2.24. The van der Waals surface area contributed by atoms with Crippen LogP contribution < -0.4 is 9.64 Å². The van der Waals surface area contributed by atoms with Gasteiger partial charge in [0.25, 0.3) is 0 Å². The van der Waals surface area contributed by atoms with Crippen LogP contribution in [-0.4, -0.2) is 69.6 Å². The number of anilines is 1. The minimum Gasteiger partial charge on any atom is -0.495 e. The third-order valence-corrected chi connectivity index (χ3v) is 6.96. The van der Waals surface area contributed by atoms with E-state index in [-0.39, 0.29) is 17.5 Å². The molecule has 1 aliphatic heterocycles. The van der Waals surface area contributed by atoms with E-state index in [9.17, 15) is 9.18 Å². The lowest BCUT2D eigenvalue weighted by Crippen LogP contribution is -2.49. The normalized spacial score (nSPS) is 13.6. The lowest BCUT2D eigenvalue weighted by Gasteiger charge is -2.36. The van der Waals surface area contributed by atoms with Gasteiger partial charge >= 0.3 is 0 Å². The van der Waals surface area contributed by atoms with Crippen molar-refractivity contribution in [3.8, 4) is 22.8 Å². The fourth-order valence-electron chi connectivity index (χ4n) is 4.17. The Bertz CT molecular complexity index is 1320. The van der Waals surface area contributed by atoms with Crippen molar-refractivity contribution in [3.63, 3.8) is 0 Å². The van der Waals surface area contributed by atoms with Crippen LogP contribution in [0.2, 0.25) is 0 Å². The second kappa shape index (κ2) is 10.8. The van der Waals surface area contributed by atoms with E-state index in [2.05, 4.69) is 20.1 Å². The molecule has 184 valence electrons. The van der Waals surface area contributed by atoms with Gasteiger partial charge in [-0.15, -0.1) is 10.2 Å². The molecule has 1 aliphatic rings. The number of amides is 1. The average molecular weight is 505 g/mol. The fourth-order valence-corrected chi connectivity index (χ4v) is 5.01. The first-order valence-corrected chi connectivity index (χ1v) is 12.5. The van der Waals surface area contributed by atoms with Crippen LogP contribution in [0.3, 0.4) is 0 Å². The molecule has 3 heterocycles. The Morgan fingerprint density at radius 2 is 1.69 bits per heavy atom. The maximum atomic E-state index is 13.2. The van der Waals surface area contributed by atoms with Crippen LogP contribution in [0.15, 0.2) is 78.2 Å². The summed E-state index contributed by atoms with van der Waals surface area (Å²) in [4.78, 5) is 21.2. The highest BCUT2D eigenvalue weighted by atomic mass is 32.2. The zero-order valence-electron chi connectivity index (χ0n) is 19.7. The molecule has 8 nitrogen and oxygen atoms in total. The Hall–Kier alpha value is -3.92. The van der Waals surface area contributed by atoms with Crippen molar-refractivity contribution in [3.05, 3.63) is 78.9 Å². The number of hydrogen-bond acceptors (Lipinski definition) is 7. The number of carbonyl (C=O) groups is 1. The summed E-state index contributed by atoms with van der Waals surface area (Å²) < 4.78 is 20.7. The molecule has 0 N–H and O–H groups in total. The first kappa shape index (κ1) is 23.8. The molecule has 0 bridgehead atoms. The van der Waals surface area contributed by atoms with Crippen molar-refractivity contribution >= 4 is 23.4 Å².